The molecule has 1 N–H and O–H groups in total. The van der Waals surface area contributed by atoms with Crippen molar-refractivity contribution in [1.82, 2.24) is 25.1 Å². The van der Waals surface area contributed by atoms with E-state index in [0.717, 1.165) is 24.2 Å². The molecule has 1 aliphatic rings. The van der Waals surface area contributed by atoms with Crippen molar-refractivity contribution in [2.75, 3.05) is 0 Å². The molecule has 0 saturated heterocycles. The molecular formula is C16H17N5O2. The van der Waals surface area contributed by atoms with E-state index in [2.05, 4.69) is 20.4 Å². The molecule has 1 saturated carbocycles. The summed E-state index contributed by atoms with van der Waals surface area (Å²) in [6.45, 7) is 2.50. The molecule has 0 bridgehead atoms. The fraction of sp³-hybridized carbons (Fsp3) is 0.375. The van der Waals surface area contributed by atoms with Crippen LogP contribution < -0.4 is 5.32 Å². The van der Waals surface area contributed by atoms with Gasteiger partial charge in [0.1, 0.15) is 18.2 Å². The Kier molecular flexibility index (Phi) is 3.33. The SMILES string of the molecule is CC(Cn1cncn1)NC(=O)c1ccc2nc(C3CC3)oc2c1. The van der Waals surface area contributed by atoms with Crippen LogP contribution in [0.15, 0.2) is 35.3 Å². The Labute approximate surface area is 132 Å². The Hall–Kier alpha value is -2.70. The lowest BCUT2D eigenvalue weighted by molar-refractivity contribution is 0.0936. The molecule has 1 atom stereocenters. The van der Waals surface area contributed by atoms with Gasteiger partial charge in [-0.2, -0.15) is 5.10 Å². The van der Waals surface area contributed by atoms with Gasteiger partial charge in [0.25, 0.3) is 5.91 Å². The van der Waals surface area contributed by atoms with Crippen LogP contribution in [-0.2, 0) is 6.54 Å². The number of fused-ring (bicyclic) bond motifs is 1. The molecule has 0 aliphatic heterocycles. The summed E-state index contributed by atoms with van der Waals surface area (Å²) in [4.78, 5) is 20.7. The summed E-state index contributed by atoms with van der Waals surface area (Å²) in [7, 11) is 0. The second kappa shape index (κ2) is 5.49. The van der Waals surface area contributed by atoms with Crippen LogP contribution in [0.3, 0.4) is 0 Å². The molecular weight excluding hydrogens is 294 g/mol. The van der Waals surface area contributed by atoms with E-state index in [9.17, 15) is 4.79 Å². The topological polar surface area (TPSA) is 85.8 Å². The highest BCUT2D eigenvalue weighted by atomic mass is 16.3. The Bertz CT molecular complexity index is 835. The Morgan fingerprint density at radius 3 is 3.09 bits per heavy atom. The van der Waals surface area contributed by atoms with Crippen molar-refractivity contribution >= 4 is 17.0 Å². The largest absolute Gasteiger partial charge is 0.440 e. The van der Waals surface area contributed by atoms with E-state index >= 15 is 0 Å². The second-order valence-corrected chi connectivity index (χ2v) is 6.00. The Morgan fingerprint density at radius 2 is 2.35 bits per heavy atom. The van der Waals surface area contributed by atoms with Gasteiger partial charge < -0.3 is 9.73 Å². The first-order valence-corrected chi connectivity index (χ1v) is 7.73. The van der Waals surface area contributed by atoms with Crippen LogP contribution in [0.25, 0.3) is 11.1 Å². The maximum Gasteiger partial charge on any atom is 0.251 e. The zero-order chi connectivity index (χ0) is 15.8. The van der Waals surface area contributed by atoms with Crippen LogP contribution in [0.2, 0.25) is 0 Å². The first-order chi connectivity index (χ1) is 11.2. The maximum atomic E-state index is 12.4. The van der Waals surface area contributed by atoms with Gasteiger partial charge in [0.05, 0.1) is 6.54 Å². The lowest BCUT2D eigenvalue weighted by atomic mass is 10.2. The van der Waals surface area contributed by atoms with Gasteiger partial charge in [-0.05, 0) is 38.0 Å². The molecule has 1 fully saturated rings. The lowest BCUT2D eigenvalue weighted by Crippen LogP contribution is -2.35. The minimum absolute atomic E-state index is 0.0587. The van der Waals surface area contributed by atoms with E-state index in [4.69, 9.17) is 4.42 Å². The van der Waals surface area contributed by atoms with Gasteiger partial charge in [-0.1, -0.05) is 0 Å². The zero-order valence-electron chi connectivity index (χ0n) is 12.8. The van der Waals surface area contributed by atoms with Crippen molar-refractivity contribution in [3.05, 3.63) is 42.3 Å². The average Bonchev–Trinajstić information content (AvgIpc) is 3.09. The fourth-order valence-electron chi connectivity index (χ4n) is 2.55. The summed E-state index contributed by atoms with van der Waals surface area (Å²) in [5.41, 5.74) is 2.05. The molecule has 7 nitrogen and oxygen atoms in total. The van der Waals surface area contributed by atoms with E-state index in [1.54, 1.807) is 23.1 Å². The number of nitrogens with one attached hydrogen (secondary N) is 1. The number of aromatic nitrogens is 4. The van der Waals surface area contributed by atoms with Gasteiger partial charge in [0.2, 0.25) is 0 Å². The molecule has 23 heavy (non-hydrogen) atoms. The number of rotatable bonds is 5. The van der Waals surface area contributed by atoms with Crippen LogP contribution in [0, 0.1) is 0 Å². The minimum Gasteiger partial charge on any atom is -0.440 e. The van der Waals surface area contributed by atoms with Gasteiger partial charge in [-0.25, -0.2) is 9.97 Å². The lowest BCUT2D eigenvalue weighted by Gasteiger charge is -2.13. The van der Waals surface area contributed by atoms with Crippen LogP contribution >= 0.6 is 0 Å². The van der Waals surface area contributed by atoms with Gasteiger partial charge in [-0.3, -0.25) is 9.48 Å². The van der Waals surface area contributed by atoms with Crippen molar-refractivity contribution in [2.45, 2.75) is 38.3 Å². The first kappa shape index (κ1) is 13.9. The normalized spacial score (nSPS) is 15.7. The molecule has 7 heteroatoms. The van der Waals surface area contributed by atoms with Gasteiger partial charge in [0.15, 0.2) is 11.5 Å². The molecule has 3 aromatic rings. The predicted octanol–water partition coefficient (Wildman–Crippen LogP) is 2.12. The third-order valence-corrected chi connectivity index (χ3v) is 3.90. The first-order valence-electron chi connectivity index (χ1n) is 7.73. The highest BCUT2D eigenvalue weighted by molar-refractivity contribution is 5.97. The third kappa shape index (κ3) is 2.94. The van der Waals surface area contributed by atoms with Crippen molar-refractivity contribution in [2.24, 2.45) is 0 Å². The Morgan fingerprint density at radius 1 is 1.48 bits per heavy atom. The number of hydrogen-bond acceptors (Lipinski definition) is 5. The molecule has 1 amide bonds. The fourth-order valence-corrected chi connectivity index (χ4v) is 2.55. The number of carbonyl (C=O) groups is 1. The van der Waals surface area contributed by atoms with Crippen molar-refractivity contribution in [1.29, 1.82) is 0 Å². The summed E-state index contributed by atoms with van der Waals surface area (Å²) < 4.78 is 7.45. The van der Waals surface area contributed by atoms with E-state index in [0.29, 0.717) is 23.6 Å². The van der Waals surface area contributed by atoms with E-state index in [1.807, 2.05) is 13.0 Å². The summed E-state index contributed by atoms with van der Waals surface area (Å²) in [6, 6.07) is 5.31. The smallest absolute Gasteiger partial charge is 0.251 e. The molecule has 1 unspecified atom stereocenters. The van der Waals surface area contributed by atoms with E-state index in [-0.39, 0.29) is 11.9 Å². The molecule has 2 heterocycles. The molecule has 1 aliphatic carbocycles. The van der Waals surface area contributed by atoms with E-state index < -0.39 is 0 Å². The second-order valence-electron chi connectivity index (χ2n) is 6.00. The summed E-state index contributed by atoms with van der Waals surface area (Å²) >= 11 is 0. The van der Waals surface area contributed by atoms with Gasteiger partial charge in [0, 0.05) is 17.5 Å². The van der Waals surface area contributed by atoms with Crippen LogP contribution in [0.4, 0.5) is 0 Å². The Balaban J connectivity index is 1.47. The number of hydrogen-bond donors (Lipinski definition) is 1. The van der Waals surface area contributed by atoms with Crippen LogP contribution in [0.5, 0.6) is 0 Å². The molecule has 1 aromatic carbocycles. The predicted molar refractivity (Wildman–Crippen MR) is 82.9 cm³/mol. The standard InChI is InChI=1S/C16H17N5O2/c1-10(7-21-9-17-8-18-21)19-15(22)12-4-5-13-14(6-12)23-16(20-13)11-2-3-11/h4-6,8-11H,2-3,7H2,1H3,(H,19,22). The number of benzene rings is 1. The zero-order valence-corrected chi connectivity index (χ0v) is 12.8. The van der Waals surface area contributed by atoms with Crippen LogP contribution in [-0.4, -0.2) is 31.7 Å². The monoisotopic (exact) mass is 311 g/mol. The molecule has 2 aromatic heterocycles. The minimum atomic E-state index is -0.135. The van der Waals surface area contributed by atoms with Crippen molar-refractivity contribution in [3.63, 3.8) is 0 Å². The van der Waals surface area contributed by atoms with Crippen molar-refractivity contribution in [3.8, 4) is 0 Å². The average molecular weight is 311 g/mol. The van der Waals surface area contributed by atoms with Gasteiger partial charge in [-0.15, -0.1) is 0 Å². The van der Waals surface area contributed by atoms with Crippen LogP contribution in [0.1, 0.15) is 41.9 Å². The maximum absolute atomic E-state index is 12.4. The summed E-state index contributed by atoms with van der Waals surface area (Å²) in [6.07, 6.45) is 5.38. The summed E-state index contributed by atoms with van der Waals surface area (Å²) in [5.74, 6) is 1.11. The molecule has 0 radical (unpaired) electrons. The number of amides is 1. The van der Waals surface area contributed by atoms with Gasteiger partial charge >= 0.3 is 0 Å². The van der Waals surface area contributed by atoms with Crippen molar-refractivity contribution < 1.29 is 9.21 Å². The quantitative estimate of drug-likeness (QED) is 0.780. The molecule has 118 valence electrons. The molecule has 4 rings (SSSR count). The number of nitrogens with zero attached hydrogens (tertiary/aromatic N) is 4. The highest BCUT2D eigenvalue weighted by Gasteiger charge is 2.29. The number of oxazole rings is 1. The molecule has 0 spiro atoms. The van der Waals surface area contributed by atoms with E-state index in [1.165, 1.54) is 6.33 Å². The summed E-state index contributed by atoms with van der Waals surface area (Å²) in [5, 5.41) is 6.98. The third-order valence-electron chi connectivity index (χ3n) is 3.90. The highest BCUT2D eigenvalue weighted by Crippen LogP contribution is 2.40. The number of carbonyl (C=O) groups excluding carboxylic acids is 1.